The van der Waals surface area contributed by atoms with E-state index in [0.717, 1.165) is 0 Å². The van der Waals surface area contributed by atoms with Gasteiger partial charge in [0.25, 0.3) is 20.2 Å². The molecule has 9 nitrogen and oxygen atoms in total. The Bertz CT molecular complexity index is 1600. The second kappa shape index (κ2) is 7.39. The van der Waals surface area contributed by atoms with E-state index in [2.05, 4.69) is 10.2 Å². The SMILES string of the molecule is Nc1ccc(N=Nc2ccc3c(S(=O)(=O)O)cccc3c2)c2ccc(S(=O)(=O)O)cc12. The molecule has 158 valence electrons. The van der Waals surface area contributed by atoms with Crippen molar-refractivity contribution in [2.24, 2.45) is 10.2 Å². The zero-order chi connectivity index (χ0) is 22.4. The van der Waals surface area contributed by atoms with Crippen molar-refractivity contribution in [2.75, 3.05) is 5.73 Å². The summed E-state index contributed by atoms with van der Waals surface area (Å²) in [5.41, 5.74) is 7.09. The van der Waals surface area contributed by atoms with Gasteiger partial charge in [0, 0.05) is 21.8 Å². The third-order valence-corrected chi connectivity index (χ3v) is 6.43. The highest BCUT2D eigenvalue weighted by atomic mass is 32.2. The third-order valence-electron chi connectivity index (χ3n) is 4.67. The fourth-order valence-corrected chi connectivity index (χ4v) is 4.44. The Hall–Kier alpha value is -3.38. The van der Waals surface area contributed by atoms with Crippen LogP contribution in [0, 0.1) is 0 Å². The van der Waals surface area contributed by atoms with Crippen LogP contribution in [0.4, 0.5) is 17.1 Å². The molecule has 0 fully saturated rings. The van der Waals surface area contributed by atoms with Crippen molar-refractivity contribution in [3.05, 3.63) is 66.7 Å². The largest absolute Gasteiger partial charge is 0.398 e. The lowest BCUT2D eigenvalue weighted by atomic mass is 10.1. The first kappa shape index (κ1) is 20.9. The van der Waals surface area contributed by atoms with Crippen LogP contribution in [-0.2, 0) is 20.2 Å². The standard InChI is InChI=1S/C20H15N3O6S2/c21-18-8-9-19(16-7-5-14(11-17(16)18)30(24,25)26)23-22-13-4-6-15-12(10-13)2-1-3-20(15)31(27,28)29/h1-11H,21H2,(H,24,25,26)(H,27,28,29). The molecular weight excluding hydrogens is 442 g/mol. The molecule has 31 heavy (non-hydrogen) atoms. The van der Waals surface area contributed by atoms with E-state index in [1.54, 1.807) is 30.3 Å². The van der Waals surface area contributed by atoms with Gasteiger partial charge in [-0.1, -0.05) is 24.3 Å². The lowest BCUT2D eigenvalue weighted by molar-refractivity contribution is 0.481. The highest BCUT2D eigenvalue weighted by molar-refractivity contribution is 7.86. The maximum Gasteiger partial charge on any atom is 0.295 e. The minimum absolute atomic E-state index is 0.201. The van der Waals surface area contributed by atoms with Crippen LogP contribution in [0.25, 0.3) is 21.5 Å². The smallest absolute Gasteiger partial charge is 0.295 e. The molecule has 0 saturated heterocycles. The van der Waals surface area contributed by atoms with Crippen LogP contribution in [0.2, 0.25) is 0 Å². The van der Waals surface area contributed by atoms with Gasteiger partial charge in [-0.25, -0.2) is 0 Å². The minimum Gasteiger partial charge on any atom is -0.398 e. The Morgan fingerprint density at radius 3 is 2.16 bits per heavy atom. The molecule has 0 atom stereocenters. The molecule has 0 aromatic heterocycles. The second-order valence-electron chi connectivity index (χ2n) is 6.69. The fraction of sp³-hybridized carbons (Fsp3) is 0. The highest BCUT2D eigenvalue weighted by Crippen LogP contribution is 2.34. The van der Waals surface area contributed by atoms with Gasteiger partial charge < -0.3 is 5.73 Å². The lowest BCUT2D eigenvalue weighted by Gasteiger charge is -2.07. The molecule has 4 rings (SSSR count). The van der Waals surface area contributed by atoms with Crippen LogP contribution in [0.5, 0.6) is 0 Å². The molecule has 0 radical (unpaired) electrons. The number of azo groups is 1. The Balaban J connectivity index is 1.78. The molecule has 0 spiro atoms. The van der Waals surface area contributed by atoms with Gasteiger partial charge in [0.15, 0.2) is 0 Å². The van der Waals surface area contributed by atoms with Crippen LogP contribution in [-0.4, -0.2) is 25.9 Å². The van der Waals surface area contributed by atoms with Crippen molar-refractivity contribution in [2.45, 2.75) is 9.79 Å². The predicted molar refractivity (Wildman–Crippen MR) is 116 cm³/mol. The Labute approximate surface area is 177 Å². The number of anilines is 1. The molecule has 11 heteroatoms. The van der Waals surface area contributed by atoms with Gasteiger partial charge in [-0.15, -0.1) is 5.11 Å². The zero-order valence-corrected chi connectivity index (χ0v) is 17.3. The molecule has 0 aliphatic heterocycles. The van der Waals surface area contributed by atoms with Gasteiger partial charge in [0.2, 0.25) is 0 Å². The number of hydrogen-bond donors (Lipinski definition) is 3. The maximum absolute atomic E-state index is 11.5. The van der Waals surface area contributed by atoms with Crippen LogP contribution in [0.3, 0.4) is 0 Å². The maximum atomic E-state index is 11.5. The van der Waals surface area contributed by atoms with Crippen molar-refractivity contribution in [1.82, 2.24) is 0 Å². The first-order chi connectivity index (χ1) is 14.5. The van der Waals surface area contributed by atoms with E-state index in [9.17, 15) is 25.9 Å². The molecule has 0 saturated carbocycles. The summed E-state index contributed by atoms with van der Waals surface area (Å²) in [6.45, 7) is 0. The third kappa shape index (κ3) is 4.11. The molecule has 4 aromatic rings. The number of benzene rings is 4. The number of hydrogen-bond acceptors (Lipinski definition) is 7. The van der Waals surface area contributed by atoms with Crippen molar-refractivity contribution >= 4 is 58.8 Å². The molecule has 0 bridgehead atoms. The van der Waals surface area contributed by atoms with Gasteiger partial charge >= 0.3 is 0 Å². The van der Waals surface area contributed by atoms with E-state index < -0.39 is 20.2 Å². The molecule has 0 aliphatic rings. The predicted octanol–water partition coefficient (Wildman–Crippen LogP) is 4.48. The average molecular weight is 457 g/mol. The first-order valence-corrected chi connectivity index (χ1v) is 11.6. The van der Waals surface area contributed by atoms with E-state index in [1.165, 1.54) is 36.4 Å². The van der Waals surface area contributed by atoms with E-state index in [-0.39, 0.29) is 9.79 Å². The van der Waals surface area contributed by atoms with Crippen LogP contribution in [0.15, 0.2) is 86.7 Å². The van der Waals surface area contributed by atoms with Gasteiger partial charge in [0.05, 0.1) is 16.3 Å². The fourth-order valence-electron chi connectivity index (χ4n) is 3.22. The Morgan fingerprint density at radius 2 is 1.45 bits per heavy atom. The number of fused-ring (bicyclic) bond motifs is 2. The minimum atomic E-state index is -4.38. The number of nitrogen functional groups attached to an aromatic ring is 1. The summed E-state index contributed by atoms with van der Waals surface area (Å²) in [4.78, 5) is -0.488. The molecule has 0 amide bonds. The summed E-state index contributed by atoms with van der Waals surface area (Å²) in [6.07, 6.45) is 0. The van der Waals surface area contributed by atoms with E-state index in [4.69, 9.17) is 5.73 Å². The van der Waals surface area contributed by atoms with E-state index in [0.29, 0.717) is 38.6 Å². The number of rotatable bonds is 4. The number of nitrogens with zero attached hydrogens (tertiary/aromatic N) is 2. The number of nitrogens with two attached hydrogens (primary N) is 1. The van der Waals surface area contributed by atoms with Gasteiger partial charge in [-0.2, -0.15) is 21.9 Å². The molecule has 0 heterocycles. The van der Waals surface area contributed by atoms with Gasteiger partial charge in [-0.05, 0) is 47.9 Å². The summed E-state index contributed by atoms with van der Waals surface area (Å²) in [5, 5.41) is 10.2. The molecule has 0 unspecified atom stereocenters. The normalized spacial score (nSPS) is 12.7. The van der Waals surface area contributed by atoms with Crippen molar-refractivity contribution in [1.29, 1.82) is 0 Å². The quantitative estimate of drug-likeness (QED) is 0.231. The highest BCUT2D eigenvalue weighted by Gasteiger charge is 2.14. The van der Waals surface area contributed by atoms with Crippen LogP contribution < -0.4 is 5.73 Å². The van der Waals surface area contributed by atoms with Gasteiger partial charge in [-0.3, -0.25) is 9.11 Å². The Kier molecular flexibility index (Phi) is 4.98. The van der Waals surface area contributed by atoms with Crippen LogP contribution in [0.1, 0.15) is 0 Å². The zero-order valence-electron chi connectivity index (χ0n) is 15.7. The van der Waals surface area contributed by atoms with E-state index >= 15 is 0 Å². The molecule has 0 aliphatic carbocycles. The van der Waals surface area contributed by atoms with Crippen molar-refractivity contribution in [3.63, 3.8) is 0 Å². The molecular formula is C20H15N3O6S2. The summed E-state index contributed by atoms with van der Waals surface area (Å²) >= 11 is 0. The van der Waals surface area contributed by atoms with Crippen molar-refractivity contribution < 1.29 is 25.9 Å². The van der Waals surface area contributed by atoms with Gasteiger partial charge in [0.1, 0.15) is 4.90 Å². The Morgan fingerprint density at radius 1 is 0.710 bits per heavy atom. The average Bonchev–Trinajstić information content (AvgIpc) is 2.71. The topological polar surface area (TPSA) is 159 Å². The van der Waals surface area contributed by atoms with Crippen LogP contribution >= 0.6 is 0 Å². The summed E-state index contributed by atoms with van der Waals surface area (Å²) in [7, 11) is -8.75. The lowest BCUT2D eigenvalue weighted by Crippen LogP contribution is -1.98. The monoisotopic (exact) mass is 457 g/mol. The van der Waals surface area contributed by atoms with E-state index in [1.807, 2.05) is 0 Å². The summed E-state index contributed by atoms with van der Waals surface area (Å²) < 4.78 is 64.5. The molecule has 4 aromatic carbocycles. The first-order valence-electron chi connectivity index (χ1n) is 8.76. The summed E-state index contributed by atoms with van der Waals surface area (Å²) in [6, 6.07) is 16.3. The second-order valence-corrected chi connectivity index (χ2v) is 9.50. The molecule has 4 N–H and O–H groups in total. The summed E-state index contributed by atoms with van der Waals surface area (Å²) in [5.74, 6) is 0. The van der Waals surface area contributed by atoms with Crippen molar-refractivity contribution in [3.8, 4) is 0 Å².